The maximum absolute atomic E-state index is 14.7. The van der Waals surface area contributed by atoms with Crippen LogP contribution in [0, 0.1) is 11.7 Å². The van der Waals surface area contributed by atoms with Gasteiger partial charge in [0.05, 0.1) is 18.2 Å². The fourth-order valence-electron chi connectivity index (χ4n) is 4.97. The minimum Gasteiger partial charge on any atom is -0.493 e. The van der Waals surface area contributed by atoms with E-state index in [2.05, 4.69) is 14.4 Å². The summed E-state index contributed by atoms with van der Waals surface area (Å²) in [5, 5.41) is 0. The molecule has 1 aliphatic heterocycles. The molecule has 1 saturated heterocycles. The van der Waals surface area contributed by atoms with E-state index in [4.69, 9.17) is 4.74 Å². The van der Waals surface area contributed by atoms with E-state index in [1.807, 2.05) is 30.3 Å². The van der Waals surface area contributed by atoms with Gasteiger partial charge in [-0.1, -0.05) is 54.4 Å². The Bertz CT molecular complexity index is 1290. The van der Waals surface area contributed by atoms with E-state index in [0.717, 1.165) is 41.5 Å². The van der Waals surface area contributed by atoms with Crippen molar-refractivity contribution in [1.82, 2.24) is 9.62 Å². The highest BCUT2D eigenvalue weighted by molar-refractivity contribution is 7.97. The second kappa shape index (κ2) is 11.5. The number of hydrogen-bond donors (Lipinski definition) is 1. The number of nitrogens with one attached hydrogen (secondary N) is 1. The van der Waals surface area contributed by atoms with Crippen molar-refractivity contribution < 1.29 is 31.8 Å². The van der Waals surface area contributed by atoms with E-state index in [1.165, 1.54) is 18.2 Å². The first kappa shape index (κ1) is 27.3. The summed E-state index contributed by atoms with van der Waals surface area (Å²) in [4.78, 5) is 14.5. The van der Waals surface area contributed by atoms with Crippen molar-refractivity contribution >= 4 is 17.9 Å². The van der Waals surface area contributed by atoms with Gasteiger partial charge in [-0.25, -0.2) is 4.39 Å². The van der Waals surface area contributed by atoms with Crippen LogP contribution in [0.15, 0.2) is 66.7 Å². The van der Waals surface area contributed by atoms with Gasteiger partial charge >= 0.3 is 6.36 Å². The van der Waals surface area contributed by atoms with Crippen LogP contribution < -0.4 is 14.2 Å². The van der Waals surface area contributed by atoms with Crippen molar-refractivity contribution in [2.45, 2.75) is 31.2 Å². The average Bonchev–Trinajstić information content (AvgIpc) is 3.71. The largest absolute Gasteiger partial charge is 0.573 e. The molecule has 206 valence electrons. The highest BCUT2D eigenvalue weighted by Crippen LogP contribution is 2.45. The third-order valence-electron chi connectivity index (χ3n) is 6.93. The SMILES string of the molecule is CSNC(=O)c1cc(C2CC2)c(OCC2CN([C@@H](c3ccccc3)c3ccc(OC(F)(F)F)cc3)C2)cc1F. The number of likely N-dealkylation sites (tertiary alicyclic amines) is 1. The van der Waals surface area contributed by atoms with Crippen molar-refractivity contribution in [1.29, 1.82) is 0 Å². The van der Waals surface area contributed by atoms with E-state index in [-0.39, 0.29) is 29.2 Å². The lowest BCUT2D eigenvalue weighted by Gasteiger charge is -2.44. The lowest BCUT2D eigenvalue weighted by molar-refractivity contribution is -0.274. The average molecular weight is 561 g/mol. The molecule has 39 heavy (non-hydrogen) atoms. The Morgan fingerprint density at radius 2 is 1.72 bits per heavy atom. The van der Waals surface area contributed by atoms with Crippen LogP contribution in [0.2, 0.25) is 0 Å². The zero-order chi connectivity index (χ0) is 27.6. The van der Waals surface area contributed by atoms with Crippen LogP contribution >= 0.6 is 11.9 Å². The Morgan fingerprint density at radius 1 is 1.05 bits per heavy atom. The molecule has 0 spiro atoms. The molecule has 0 bridgehead atoms. The number of nitrogens with zero attached hydrogens (tertiary/aromatic N) is 1. The van der Waals surface area contributed by atoms with Gasteiger partial charge in [-0.3, -0.25) is 14.4 Å². The number of benzene rings is 3. The minimum atomic E-state index is -4.74. The molecule has 0 radical (unpaired) electrons. The van der Waals surface area contributed by atoms with Crippen molar-refractivity contribution in [3.05, 3.63) is 94.8 Å². The van der Waals surface area contributed by atoms with Crippen molar-refractivity contribution in [3.8, 4) is 11.5 Å². The molecule has 3 aromatic carbocycles. The standard InChI is InChI=1S/C29H28F4N2O3S/c1-39-34-28(36)24-13-23(19-7-8-19)26(14-25(24)30)37-17-18-15-35(16-18)27(20-5-3-2-4-6-20)21-9-11-22(12-10-21)38-29(31,32)33/h2-6,9-14,18-19,27H,7-8,15-17H2,1H3,(H,34,36)/t27-/m0/s1. The third kappa shape index (κ3) is 6.67. The molecule has 1 aliphatic carbocycles. The predicted molar refractivity (Wildman–Crippen MR) is 141 cm³/mol. The highest BCUT2D eigenvalue weighted by Gasteiger charge is 2.36. The molecule has 0 unspecified atom stereocenters. The van der Waals surface area contributed by atoms with Gasteiger partial charge in [0.1, 0.15) is 17.3 Å². The Balaban J connectivity index is 1.26. The Labute approximate surface area is 228 Å². The summed E-state index contributed by atoms with van der Waals surface area (Å²) in [6, 6.07) is 18.5. The number of halogens is 4. The number of amides is 1. The maximum Gasteiger partial charge on any atom is 0.573 e. The summed E-state index contributed by atoms with van der Waals surface area (Å²) in [7, 11) is 0. The number of alkyl halides is 3. The first-order chi connectivity index (χ1) is 18.7. The fraction of sp³-hybridized carbons (Fsp3) is 0.345. The van der Waals surface area contributed by atoms with Gasteiger partial charge in [-0.15, -0.1) is 13.2 Å². The first-order valence-electron chi connectivity index (χ1n) is 12.7. The molecule has 1 saturated carbocycles. The molecular formula is C29H28F4N2O3S. The van der Waals surface area contributed by atoms with Crippen LogP contribution in [0.4, 0.5) is 17.6 Å². The van der Waals surface area contributed by atoms with E-state index < -0.39 is 18.1 Å². The molecule has 0 aromatic heterocycles. The molecule has 1 amide bonds. The second-order valence-corrected chi connectivity index (χ2v) is 10.5. The van der Waals surface area contributed by atoms with Crippen LogP contribution in [0.5, 0.6) is 11.5 Å². The van der Waals surface area contributed by atoms with E-state index >= 15 is 0 Å². The van der Waals surface area contributed by atoms with Crippen molar-refractivity contribution in [3.63, 3.8) is 0 Å². The maximum atomic E-state index is 14.7. The van der Waals surface area contributed by atoms with Crippen LogP contribution in [-0.2, 0) is 0 Å². The number of carbonyl (C=O) groups excluding carboxylic acids is 1. The van der Waals surface area contributed by atoms with Crippen LogP contribution in [-0.4, -0.2) is 43.1 Å². The van der Waals surface area contributed by atoms with Gasteiger partial charge in [0.2, 0.25) is 0 Å². The number of carbonyl (C=O) groups is 1. The van der Waals surface area contributed by atoms with Gasteiger partial charge in [-0.05, 0) is 53.6 Å². The van der Waals surface area contributed by atoms with Crippen LogP contribution in [0.25, 0.3) is 0 Å². The molecule has 1 heterocycles. The molecule has 5 nitrogen and oxygen atoms in total. The molecule has 2 fully saturated rings. The van der Waals surface area contributed by atoms with Gasteiger partial charge < -0.3 is 9.47 Å². The molecule has 5 rings (SSSR count). The summed E-state index contributed by atoms with van der Waals surface area (Å²) in [6.07, 6.45) is -1.08. The quantitative estimate of drug-likeness (QED) is 0.221. The monoisotopic (exact) mass is 560 g/mol. The Hall–Kier alpha value is -3.24. The molecular weight excluding hydrogens is 532 g/mol. The molecule has 10 heteroatoms. The summed E-state index contributed by atoms with van der Waals surface area (Å²) < 4.78 is 65.2. The number of ether oxygens (including phenoxy) is 2. The van der Waals surface area contributed by atoms with Gasteiger partial charge in [0.25, 0.3) is 5.91 Å². The van der Waals surface area contributed by atoms with Crippen molar-refractivity contribution in [2.24, 2.45) is 5.92 Å². The Morgan fingerprint density at radius 3 is 2.33 bits per heavy atom. The lowest BCUT2D eigenvalue weighted by Crippen LogP contribution is -2.51. The Kier molecular flexibility index (Phi) is 8.04. The molecule has 2 aliphatic rings. The van der Waals surface area contributed by atoms with Crippen molar-refractivity contribution in [2.75, 3.05) is 26.0 Å². The van der Waals surface area contributed by atoms with Gasteiger partial charge in [-0.2, -0.15) is 0 Å². The molecule has 1 atom stereocenters. The molecule has 3 aromatic rings. The third-order valence-corrected chi connectivity index (χ3v) is 7.32. The minimum absolute atomic E-state index is 0.0192. The second-order valence-electron chi connectivity index (χ2n) is 9.84. The number of rotatable bonds is 10. The fourth-order valence-corrected chi connectivity index (χ4v) is 5.26. The van der Waals surface area contributed by atoms with E-state index in [1.54, 1.807) is 24.5 Å². The lowest BCUT2D eigenvalue weighted by atomic mass is 9.90. The van der Waals surface area contributed by atoms with E-state index in [9.17, 15) is 22.4 Å². The highest BCUT2D eigenvalue weighted by atomic mass is 32.2. The summed E-state index contributed by atoms with van der Waals surface area (Å²) in [5.41, 5.74) is 2.76. The molecule has 1 N–H and O–H groups in total. The van der Waals surface area contributed by atoms with Crippen LogP contribution in [0.3, 0.4) is 0 Å². The first-order valence-corrected chi connectivity index (χ1v) is 13.9. The van der Waals surface area contributed by atoms with Gasteiger partial charge in [0, 0.05) is 31.3 Å². The zero-order valence-corrected chi connectivity index (χ0v) is 22.0. The van der Waals surface area contributed by atoms with Crippen LogP contribution in [0.1, 0.15) is 51.8 Å². The number of hydrogen-bond acceptors (Lipinski definition) is 5. The smallest absolute Gasteiger partial charge is 0.493 e. The topological polar surface area (TPSA) is 50.8 Å². The normalized spacial score (nSPS) is 16.8. The predicted octanol–water partition coefficient (Wildman–Crippen LogP) is 6.71. The summed E-state index contributed by atoms with van der Waals surface area (Å²) >= 11 is 1.12. The summed E-state index contributed by atoms with van der Waals surface area (Å²) in [5.74, 6) is -0.395. The van der Waals surface area contributed by atoms with E-state index in [0.29, 0.717) is 25.4 Å². The summed E-state index contributed by atoms with van der Waals surface area (Å²) in [6.45, 7) is 1.80. The van der Waals surface area contributed by atoms with Gasteiger partial charge in [0.15, 0.2) is 0 Å². The zero-order valence-electron chi connectivity index (χ0n) is 21.2.